The lowest BCUT2D eigenvalue weighted by Gasteiger charge is -2.10. The lowest BCUT2D eigenvalue weighted by Crippen LogP contribution is -2.00. The van der Waals surface area contributed by atoms with E-state index in [1.54, 1.807) is 7.11 Å². The molecule has 0 unspecified atom stereocenters. The summed E-state index contributed by atoms with van der Waals surface area (Å²) < 4.78 is 5.94. The van der Waals surface area contributed by atoms with Crippen molar-refractivity contribution in [1.82, 2.24) is 9.97 Å². The van der Waals surface area contributed by atoms with Crippen molar-refractivity contribution in [3.8, 4) is 17.0 Å². The Balaban J connectivity index is 2.56. The summed E-state index contributed by atoms with van der Waals surface area (Å²) in [7, 11) is 1.67. The topological polar surface area (TPSA) is 37.9 Å². The summed E-state index contributed by atoms with van der Waals surface area (Å²) in [5, 5.41) is 0. The lowest BCUT2D eigenvalue weighted by atomic mass is 10.1. The minimum absolute atomic E-state index is 0.667. The monoisotopic (exact) mass is 274 g/mol. The number of rotatable bonds is 4. The summed E-state index contributed by atoms with van der Waals surface area (Å²) in [6.45, 7) is 4.13. The highest BCUT2D eigenvalue weighted by molar-refractivity contribution is 7.71. The van der Waals surface area contributed by atoms with Gasteiger partial charge in [0.05, 0.1) is 12.8 Å². The molecular formula is C15H18N2OS. The Morgan fingerprint density at radius 3 is 2.84 bits per heavy atom. The van der Waals surface area contributed by atoms with Gasteiger partial charge >= 0.3 is 0 Å². The molecule has 0 saturated carbocycles. The summed E-state index contributed by atoms with van der Waals surface area (Å²) in [6.07, 6.45) is 1.94. The molecule has 0 fully saturated rings. The van der Waals surface area contributed by atoms with Crippen LogP contribution < -0.4 is 4.74 Å². The molecule has 100 valence electrons. The third kappa shape index (κ3) is 3.01. The molecule has 0 saturated heterocycles. The van der Waals surface area contributed by atoms with Crippen molar-refractivity contribution in [3.05, 3.63) is 40.3 Å². The summed E-state index contributed by atoms with van der Waals surface area (Å²) in [5.74, 6) is 1.78. The van der Waals surface area contributed by atoms with Gasteiger partial charge in [0, 0.05) is 17.5 Å². The molecule has 0 atom stereocenters. The van der Waals surface area contributed by atoms with Gasteiger partial charge in [0.1, 0.15) is 16.2 Å². The van der Waals surface area contributed by atoms with Gasteiger partial charge in [-0.15, -0.1) is 0 Å². The number of hydrogen-bond acceptors (Lipinski definition) is 3. The van der Waals surface area contributed by atoms with E-state index in [1.807, 2.05) is 31.2 Å². The molecule has 0 aliphatic heterocycles. The molecule has 0 aliphatic carbocycles. The Hall–Kier alpha value is -1.68. The number of nitrogens with zero attached hydrogens (tertiary/aromatic N) is 1. The highest BCUT2D eigenvalue weighted by Crippen LogP contribution is 2.25. The van der Waals surface area contributed by atoms with E-state index >= 15 is 0 Å². The van der Waals surface area contributed by atoms with Gasteiger partial charge in [0.15, 0.2) is 0 Å². The second-order valence-electron chi connectivity index (χ2n) is 4.47. The lowest BCUT2D eigenvalue weighted by molar-refractivity contribution is 0.415. The maximum absolute atomic E-state index is 5.34. The van der Waals surface area contributed by atoms with Crippen LogP contribution >= 0.6 is 12.2 Å². The second kappa shape index (κ2) is 5.97. The van der Waals surface area contributed by atoms with Gasteiger partial charge in [-0.25, -0.2) is 4.98 Å². The standard InChI is InChI=1S/C15H18N2OS/c1-4-6-13-16-14(10(2)15(19)17-13)11-7-5-8-12(9-11)18-3/h5,7-9H,4,6H2,1-3H3,(H,16,17,19). The summed E-state index contributed by atoms with van der Waals surface area (Å²) in [4.78, 5) is 7.81. The Bertz CT molecular complexity index is 634. The van der Waals surface area contributed by atoms with E-state index in [9.17, 15) is 0 Å². The Morgan fingerprint density at radius 1 is 1.37 bits per heavy atom. The summed E-state index contributed by atoms with van der Waals surface area (Å²) in [6, 6.07) is 7.96. The van der Waals surface area contributed by atoms with E-state index in [2.05, 4.69) is 16.9 Å². The Morgan fingerprint density at radius 2 is 2.16 bits per heavy atom. The van der Waals surface area contributed by atoms with Gasteiger partial charge in [0.25, 0.3) is 0 Å². The van der Waals surface area contributed by atoms with Crippen molar-refractivity contribution in [2.24, 2.45) is 0 Å². The van der Waals surface area contributed by atoms with Crippen LogP contribution in [-0.2, 0) is 6.42 Å². The third-order valence-corrected chi connectivity index (χ3v) is 3.44. The molecule has 2 rings (SSSR count). The van der Waals surface area contributed by atoms with Gasteiger partial charge < -0.3 is 9.72 Å². The van der Waals surface area contributed by atoms with Crippen LogP contribution in [0, 0.1) is 11.6 Å². The molecule has 1 aromatic heterocycles. The first-order valence-corrected chi connectivity index (χ1v) is 6.80. The van der Waals surface area contributed by atoms with Crippen molar-refractivity contribution < 1.29 is 4.74 Å². The van der Waals surface area contributed by atoms with E-state index in [0.29, 0.717) is 4.64 Å². The molecule has 0 radical (unpaired) electrons. The third-order valence-electron chi connectivity index (χ3n) is 3.05. The SMILES string of the molecule is CCCc1nc(=S)c(C)c(-c2cccc(OC)c2)[nH]1. The minimum atomic E-state index is 0.667. The maximum atomic E-state index is 5.34. The molecule has 19 heavy (non-hydrogen) atoms. The van der Waals surface area contributed by atoms with Crippen LogP contribution in [0.1, 0.15) is 24.7 Å². The summed E-state index contributed by atoms with van der Waals surface area (Å²) >= 11 is 5.34. The van der Waals surface area contributed by atoms with Crippen LogP contribution in [0.5, 0.6) is 5.75 Å². The van der Waals surface area contributed by atoms with Gasteiger partial charge in [-0.05, 0) is 25.5 Å². The quantitative estimate of drug-likeness (QED) is 0.854. The van der Waals surface area contributed by atoms with Crippen molar-refractivity contribution >= 4 is 12.2 Å². The predicted octanol–water partition coefficient (Wildman–Crippen LogP) is 4.08. The van der Waals surface area contributed by atoms with Crippen LogP contribution in [0.2, 0.25) is 0 Å². The fraction of sp³-hybridized carbons (Fsp3) is 0.333. The fourth-order valence-electron chi connectivity index (χ4n) is 2.00. The molecule has 1 heterocycles. The van der Waals surface area contributed by atoms with E-state index in [0.717, 1.165) is 41.2 Å². The molecule has 0 spiro atoms. The van der Waals surface area contributed by atoms with Gasteiger partial charge in [-0.2, -0.15) is 0 Å². The highest BCUT2D eigenvalue weighted by Gasteiger charge is 2.08. The zero-order chi connectivity index (χ0) is 13.8. The van der Waals surface area contributed by atoms with E-state index in [-0.39, 0.29) is 0 Å². The number of benzene rings is 1. The first-order valence-electron chi connectivity index (χ1n) is 6.40. The number of ether oxygens (including phenoxy) is 1. The van der Waals surface area contributed by atoms with E-state index in [4.69, 9.17) is 17.0 Å². The number of methoxy groups -OCH3 is 1. The van der Waals surface area contributed by atoms with Crippen molar-refractivity contribution in [1.29, 1.82) is 0 Å². The smallest absolute Gasteiger partial charge is 0.133 e. The van der Waals surface area contributed by atoms with Crippen LogP contribution in [0.3, 0.4) is 0 Å². The molecular weight excluding hydrogens is 256 g/mol. The highest BCUT2D eigenvalue weighted by atomic mass is 32.1. The minimum Gasteiger partial charge on any atom is -0.497 e. The van der Waals surface area contributed by atoms with Gasteiger partial charge in [-0.3, -0.25) is 0 Å². The number of H-pyrrole nitrogens is 1. The average molecular weight is 274 g/mol. The maximum Gasteiger partial charge on any atom is 0.133 e. The predicted molar refractivity (Wildman–Crippen MR) is 80.1 cm³/mol. The van der Waals surface area contributed by atoms with Crippen LogP contribution in [0.15, 0.2) is 24.3 Å². The van der Waals surface area contributed by atoms with Gasteiger partial charge in [-0.1, -0.05) is 31.3 Å². The number of hydrogen-bond donors (Lipinski definition) is 1. The van der Waals surface area contributed by atoms with E-state index < -0.39 is 0 Å². The van der Waals surface area contributed by atoms with Crippen molar-refractivity contribution in [2.75, 3.05) is 7.11 Å². The Labute approximate surface area is 118 Å². The average Bonchev–Trinajstić information content (AvgIpc) is 2.43. The molecule has 1 N–H and O–H groups in total. The second-order valence-corrected chi connectivity index (χ2v) is 4.86. The summed E-state index contributed by atoms with van der Waals surface area (Å²) in [5.41, 5.74) is 3.10. The van der Waals surface area contributed by atoms with Crippen molar-refractivity contribution in [3.63, 3.8) is 0 Å². The van der Waals surface area contributed by atoms with Crippen LogP contribution in [-0.4, -0.2) is 17.1 Å². The molecule has 0 bridgehead atoms. The fourth-order valence-corrected chi connectivity index (χ4v) is 2.21. The van der Waals surface area contributed by atoms with Crippen LogP contribution in [0.25, 0.3) is 11.3 Å². The number of aryl methyl sites for hydroxylation is 1. The number of aromatic nitrogens is 2. The molecule has 4 heteroatoms. The first kappa shape index (κ1) is 13.7. The molecule has 1 aromatic carbocycles. The Kier molecular flexibility index (Phi) is 4.32. The molecule has 2 aromatic rings. The zero-order valence-corrected chi connectivity index (χ0v) is 12.3. The van der Waals surface area contributed by atoms with Crippen molar-refractivity contribution in [2.45, 2.75) is 26.7 Å². The largest absolute Gasteiger partial charge is 0.497 e. The number of nitrogens with one attached hydrogen (secondary N) is 1. The molecule has 0 amide bonds. The van der Waals surface area contributed by atoms with Gasteiger partial charge in [0.2, 0.25) is 0 Å². The number of aromatic amines is 1. The van der Waals surface area contributed by atoms with Crippen LogP contribution in [0.4, 0.5) is 0 Å². The molecule has 0 aliphatic rings. The normalized spacial score (nSPS) is 10.5. The first-order chi connectivity index (χ1) is 9.15. The zero-order valence-electron chi connectivity index (χ0n) is 11.5. The molecule has 3 nitrogen and oxygen atoms in total. The van der Waals surface area contributed by atoms with E-state index in [1.165, 1.54) is 0 Å².